The highest BCUT2D eigenvalue weighted by Gasteiger charge is 2.17. The number of hydrogen-bond acceptors (Lipinski definition) is 5. The van der Waals surface area contributed by atoms with Gasteiger partial charge in [0.2, 0.25) is 0 Å². The number of aromatic nitrogens is 2. The molecule has 5 heteroatoms. The lowest BCUT2D eigenvalue weighted by molar-refractivity contribution is -0.143. The van der Waals surface area contributed by atoms with E-state index in [4.69, 9.17) is 4.74 Å². The fourth-order valence-electron chi connectivity index (χ4n) is 1.20. The normalized spacial score (nSPS) is 13.6. The molecular formula is C12H16N2O3. The SMILES string of the molecule is CC(C)OC(=O)C(=Cc1cncnc1)C(C)O. The summed E-state index contributed by atoms with van der Waals surface area (Å²) < 4.78 is 5.04. The van der Waals surface area contributed by atoms with E-state index in [1.54, 1.807) is 26.2 Å². The van der Waals surface area contributed by atoms with Crippen molar-refractivity contribution in [2.45, 2.75) is 33.0 Å². The number of aliphatic hydroxyl groups is 1. The molecule has 1 unspecified atom stereocenters. The van der Waals surface area contributed by atoms with Gasteiger partial charge in [0.1, 0.15) is 6.33 Å². The monoisotopic (exact) mass is 236 g/mol. The van der Waals surface area contributed by atoms with E-state index < -0.39 is 12.1 Å². The van der Waals surface area contributed by atoms with E-state index in [9.17, 15) is 9.90 Å². The topological polar surface area (TPSA) is 72.3 Å². The quantitative estimate of drug-likeness (QED) is 0.628. The molecule has 0 amide bonds. The highest BCUT2D eigenvalue weighted by Crippen LogP contribution is 2.11. The van der Waals surface area contributed by atoms with E-state index in [1.807, 2.05) is 0 Å². The van der Waals surface area contributed by atoms with Crippen molar-refractivity contribution < 1.29 is 14.6 Å². The van der Waals surface area contributed by atoms with Crippen LogP contribution in [0.25, 0.3) is 6.08 Å². The summed E-state index contributed by atoms with van der Waals surface area (Å²) in [6, 6.07) is 0. The molecular weight excluding hydrogens is 220 g/mol. The predicted octanol–water partition coefficient (Wildman–Crippen LogP) is 1.19. The van der Waals surface area contributed by atoms with Crippen LogP contribution >= 0.6 is 0 Å². The Morgan fingerprint density at radius 1 is 1.35 bits per heavy atom. The minimum Gasteiger partial charge on any atom is -0.460 e. The number of carbonyl (C=O) groups is 1. The lowest BCUT2D eigenvalue weighted by atomic mass is 10.1. The summed E-state index contributed by atoms with van der Waals surface area (Å²) >= 11 is 0. The molecule has 0 aliphatic carbocycles. The second-order valence-electron chi connectivity index (χ2n) is 3.90. The maximum absolute atomic E-state index is 11.7. The van der Waals surface area contributed by atoms with E-state index in [1.165, 1.54) is 19.3 Å². The van der Waals surface area contributed by atoms with Gasteiger partial charge >= 0.3 is 5.97 Å². The van der Waals surface area contributed by atoms with Crippen molar-refractivity contribution in [3.8, 4) is 0 Å². The summed E-state index contributed by atoms with van der Waals surface area (Å²) in [4.78, 5) is 19.4. The van der Waals surface area contributed by atoms with Gasteiger partial charge in [0.25, 0.3) is 0 Å². The van der Waals surface area contributed by atoms with Crippen molar-refractivity contribution in [3.63, 3.8) is 0 Å². The van der Waals surface area contributed by atoms with Crippen molar-refractivity contribution in [2.75, 3.05) is 0 Å². The van der Waals surface area contributed by atoms with Gasteiger partial charge in [-0.1, -0.05) is 0 Å². The summed E-state index contributed by atoms with van der Waals surface area (Å²) in [6.45, 7) is 5.02. The second-order valence-corrected chi connectivity index (χ2v) is 3.90. The summed E-state index contributed by atoms with van der Waals surface area (Å²) in [5.41, 5.74) is 0.831. The van der Waals surface area contributed by atoms with E-state index in [2.05, 4.69) is 9.97 Å². The number of esters is 1. The Hall–Kier alpha value is -1.75. The van der Waals surface area contributed by atoms with Gasteiger partial charge in [0.15, 0.2) is 0 Å². The lowest BCUT2D eigenvalue weighted by Gasteiger charge is -2.12. The first kappa shape index (κ1) is 13.3. The van der Waals surface area contributed by atoms with Crippen LogP contribution in [0, 0.1) is 0 Å². The molecule has 92 valence electrons. The molecule has 1 aromatic rings. The zero-order chi connectivity index (χ0) is 12.8. The van der Waals surface area contributed by atoms with Crippen molar-refractivity contribution in [3.05, 3.63) is 29.9 Å². The molecule has 0 saturated heterocycles. The van der Waals surface area contributed by atoms with Gasteiger partial charge in [-0.15, -0.1) is 0 Å². The third-order valence-electron chi connectivity index (χ3n) is 1.93. The Bertz CT molecular complexity index is 399. The average Bonchev–Trinajstić information content (AvgIpc) is 2.25. The number of hydrogen-bond donors (Lipinski definition) is 1. The van der Waals surface area contributed by atoms with E-state index >= 15 is 0 Å². The first-order valence-electron chi connectivity index (χ1n) is 5.36. The average molecular weight is 236 g/mol. The molecule has 1 heterocycles. The molecule has 0 aromatic carbocycles. The molecule has 0 bridgehead atoms. The van der Waals surface area contributed by atoms with Crippen LogP contribution in [0.5, 0.6) is 0 Å². The Kier molecular flexibility index (Phi) is 4.78. The number of carbonyl (C=O) groups excluding carboxylic acids is 1. The van der Waals surface area contributed by atoms with Gasteiger partial charge in [-0.3, -0.25) is 0 Å². The van der Waals surface area contributed by atoms with Crippen LogP contribution in [0.15, 0.2) is 24.3 Å². The van der Waals surface area contributed by atoms with Gasteiger partial charge in [-0.2, -0.15) is 0 Å². The van der Waals surface area contributed by atoms with Gasteiger partial charge in [-0.25, -0.2) is 14.8 Å². The molecule has 0 aliphatic rings. The molecule has 1 rings (SSSR count). The van der Waals surface area contributed by atoms with Crippen LogP contribution in [-0.2, 0) is 9.53 Å². The summed E-state index contributed by atoms with van der Waals surface area (Å²) in [7, 11) is 0. The van der Waals surface area contributed by atoms with Crippen LogP contribution in [-0.4, -0.2) is 33.3 Å². The smallest absolute Gasteiger partial charge is 0.336 e. The molecule has 0 saturated carbocycles. The maximum Gasteiger partial charge on any atom is 0.336 e. The Morgan fingerprint density at radius 3 is 2.41 bits per heavy atom. The minimum atomic E-state index is -0.901. The number of aliphatic hydroxyl groups excluding tert-OH is 1. The molecule has 1 atom stereocenters. The largest absolute Gasteiger partial charge is 0.460 e. The maximum atomic E-state index is 11.7. The highest BCUT2D eigenvalue weighted by molar-refractivity contribution is 5.94. The molecule has 0 spiro atoms. The number of ether oxygens (including phenoxy) is 1. The number of nitrogens with zero attached hydrogens (tertiary/aromatic N) is 2. The van der Waals surface area contributed by atoms with Gasteiger partial charge in [-0.05, 0) is 26.8 Å². The zero-order valence-corrected chi connectivity index (χ0v) is 10.1. The Labute approximate surface area is 100 Å². The van der Waals surface area contributed by atoms with E-state index in [0.29, 0.717) is 5.56 Å². The van der Waals surface area contributed by atoms with Crippen LogP contribution in [0.4, 0.5) is 0 Å². The molecule has 17 heavy (non-hydrogen) atoms. The predicted molar refractivity (Wildman–Crippen MR) is 62.9 cm³/mol. The fourth-order valence-corrected chi connectivity index (χ4v) is 1.20. The minimum absolute atomic E-state index is 0.188. The second kappa shape index (κ2) is 6.10. The van der Waals surface area contributed by atoms with E-state index in [-0.39, 0.29) is 11.7 Å². The molecule has 0 fully saturated rings. The number of rotatable bonds is 4. The molecule has 1 N–H and O–H groups in total. The fraction of sp³-hybridized carbons (Fsp3) is 0.417. The van der Waals surface area contributed by atoms with E-state index in [0.717, 1.165) is 0 Å². The van der Waals surface area contributed by atoms with Crippen LogP contribution in [0.1, 0.15) is 26.3 Å². The summed E-state index contributed by atoms with van der Waals surface area (Å²) in [5.74, 6) is -0.529. The van der Waals surface area contributed by atoms with Crippen molar-refractivity contribution in [1.82, 2.24) is 9.97 Å². The van der Waals surface area contributed by atoms with Crippen LogP contribution < -0.4 is 0 Å². The summed E-state index contributed by atoms with van der Waals surface area (Å²) in [5, 5.41) is 9.55. The Morgan fingerprint density at radius 2 is 1.94 bits per heavy atom. The highest BCUT2D eigenvalue weighted by atomic mass is 16.5. The van der Waals surface area contributed by atoms with Crippen LogP contribution in [0.3, 0.4) is 0 Å². The lowest BCUT2D eigenvalue weighted by Crippen LogP contribution is -2.20. The van der Waals surface area contributed by atoms with Gasteiger partial charge in [0, 0.05) is 18.0 Å². The van der Waals surface area contributed by atoms with Crippen LogP contribution in [0.2, 0.25) is 0 Å². The zero-order valence-electron chi connectivity index (χ0n) is 10.1. The standard InChI is InChI=1S/C12H16N2O3/c1-8(2)17-12(16)11(9(3)15)4-10-5-13-7-14-6-10/h4-9,15H,1-3H3. The van der Waals surface area contributed by atoms with Crippen molar-refractivity contribution >= 4 is 12.0 Å². The molecule has 1 aromatic heterocycles. The third-order valence-corrected chi connectivity index (χ3v) is 1.93. The van der Waals surface area contributed by atoms with Crippen molar-refractivity contribution in [2.24, 2.45) is 0 Å². The van der Waals surface area contributed by atoms with Crippen molar-refractivity contribution in [1.29, 1.82) is 0 Å². The molecule has 0 aliphatic heterocycles. The molecule has 0 radical (unpaired) electrons. The first-order chi connectivity index (χ1) is 8.00. The van der Waals surface area contributed by atoms with Gasteiger partial charge < -0.3 is 9.84 Å². The first-order valence-corrected chi connectivity index (χ1v) is 5.36. The Balaban J connectivity index is 2.94. The summed E-state index contributed by atoms with van der Waals surface area (Å²) in [6.07, 6.45) is 4.90. The third kappa shape index (κ3) is 4.32. The van der Waals surface area contributed by atoms with Gasteiger partial charge in [0.05, 0.1) is 17.8 Å². The molecule has 5 nitrogen and oxygen atoms in total.